The summed E-state index contributed by atoms with van der Waals surface area (Å²) in [6.07, 6.45) is 0. The van der Waals surface area contributed by atoms with E-state index in [2.05, 4.69) is 42.9 Å². The van der Waals surface area contributed by atoms with Gasteiger partial charge >= 0.3 is 5.97 Å². The molecule has 0 atom stereocenters. The van der Waals surface area contributed by atoms with Gasteiger partial charge in [0.1, 0.15) is 0 Å². The van der Waals surface area contributed by atoms with Gasteiger partial charge in [-0.15, -0.1) is 0 Å². The molecular weight excluding hydrogens is 290 g/mol. The van der Waals surface area contributed by atoms with E-state index >= 15 is 0 Å². The second kappa shape index (κ2) is 6.22. The van der Waals surface area contributed by atoms with E-state index < -0.39 is 0 Å². The first-order valence-electron chi connectivity index (χ1n) is 7.88. The highest BCUT2D eigenvalue weighted by atomic mass is 16.5. The molecule has 0 aliphatic carbocycles. The highest BCUT2D eigenvalue weighted by Crippen LogP contribution is 2.46. The second-order valence-electron chi connectivity index (χ2n) is 7.12. The van der Waals surface area contributed by atoms with Crippen LogP contribution in [0.4, 0.5) is 0 Å². The molecule has 23 heavy (non-hydrogen) atoms. The van der Waals surface area contributed by atoms with Gasteiger partial charge in [-0.2, -0.15) is 0 Å². The highest BCUT2D eigenvalue weighted by molar-refractivity contribution is 5.89. The summed E-state index contributed by atoms with van der Waals surface area (Å²) < 4.78 is 4.71. The Morgan fingerprint density at radius 1 is 1.26 bits per heavy atom. The molecule has 1 fully saturated rings. The predicted octanol–water partition coefficient (Wildman–Crippen LogP) is 2.67. The number of guanidine groups is 1. The number of carbonyl (C=O) groups excluding carboxylic acids is 1. The van der Waals surface area contributed by atoms with Crippen LogP contribution in [0.5, 0.6) is 0 Å². The third-order valence-corrected chi connectivity index (χ3v) is 5.18. The maximum atomic E-state index is 11.4. The van der Waals surface area contributed by atoms with Crippen LogP contribution in [0.15, 0.2) is 29.3 Å². The van der Waals surface area contributed by atoms with Gasteiger partial charge in [0.2, 0.25) is 0 Å². The molecule has 126 valence electrons. The first-order chi connectivity index (χ1) is 10.7. The lowest BCUT2D eigenvalue weighted by molar-refractivity contribution is -0.0667. The Balaban J connectivity index is 1.98. The van der Waals surface area contributed by atoms with E-state index in [1.165, 1.54) is 7.11 Å². The minimum atomic E-state index is -0.315. The molecule has 0 bridgehead atoms. The molecule has 1 aliphatic rings. The zero-order valence-electron chi connectivity index (χ0n) is 14.9. The van der Waals surface area contributed by atoms with Crippen molar-refractivity contribution in [2.75, 3.05) is 20.7 Å². The molecule has 0 amide bonds. The number of hydrogen-bond acceptors (Lipinski definition) is 3. The summed E-state index contributed by atoms with van der Waals surface area (Å²) >= 11 is 0. The van der Waals surface area contributed by atoms with Gasteiger partial charge in [-0.25, -0.2) is 4.79 Å². The van der Waals surface area contributed by atoms with Crippen LogP contribution in [0.25, 0.3) is 0 Å². The van der Waals surface area contributed by atoms with Gasteiger partial charge in [-0.3, -0.25) is 4.99 Å². The zero-order valence-corrected chi connectivity index (χ0v) is 14.9. The molecule has 1 aromatic carbocycles. The molecule has 0 saturated carbocycles. The van der Waals surface area contributed by atoms with Gasteiger partial charge in [0, 0.05) is 31.1 Å². The van der Waals surface area contributed by atoms with Gasteiger partial charge in [0.05, 0.1) is 12.7 Å². The van der Waals surface area contributed by atoms with Crippen LogP contribution in [-0.4, -0.2) is 43.1 Å². The van der Waals surface area contributed by atoms with E-state index in [0.29, 0.717) is 12.1 Å². The molecule has 0 unspecified atom stereocenters. The van der Waals surface area contributed by atoms with E-state index in [1.807, 2.05) is 19.2 Å². The molecule has 0 spiro atoms. The standard InChI is InChI=1S/C18H27N3O2/c1-17(2)12-21(18(17,3)4)16(19-5)20-11-13-7-9-14(10-8-13)15(22)23-6/h7-10H,11-12H2,1-6H3,(H,19,20). The lowest BCUT2D eigenvalue weighted by Gasteiger charge is -2.62. The predicted molar refractivity (Wildman–Crippen MR) is 92.5 cm³/mol. The normalized spacial score (nSPS) is 19.0. The molecule has 1 aromatic rings. The number of benzene rings is 1. The van der Waals surface area contributed by atoms with Gasteiger partial charge in [0.25, 0.3) is 0 Å². The van der Waals surface area contributed by atoms with Crippen molar-refractivity contribution in [3.05, 3.63) is 35.4 Å². The fourth-order valence-corrected chi connectivity index (χ4v) is 2.75. The monoisotopic (exact) mass is 317 g/mol. The number of nitrogens with one attached hydrogen (secondary N) is 1. The van der Waals surface area contributed by atoms with Crippen molar-refractivity contribution >= 4 is 11.9 Å². The zero-order chi connectivity index (χ0) is 17.3. The summed E-state index contributed by atoms with van der Waals surface area (Å²) in [6, 6.07) is 7.42. The number of esters is 1. The lowest BCUT2D eigenvalue weighted by atomic mass is 9.65. The largest absolute Gasteiger partial charge is 0.465 e. The summed E-state index contributed by atoms with van der Waals surface area (Å²) in [4.78, 5) is 18.1. The number of rotatable bonds is 3. The van der Waals surface area contributed by atoms with E-state index in [-0.39, 0.29) is 16.9 Å². The molecule has 1 N–H and O–H groups in total. The van der Waals surface area contributed by atoms with Crippen molar-refractivity contribution in [2.45, 2.75) is 39.8 Å². The van der Waals surface area contributed by atoms with Crippen molar-refractivity contribution in [1.82, 2.24) is 10.2 Å². The minimum Gasteiger partial charge on any atom is -0.465 e. The topological polar surface area (TPSA) is 53.9 Å². The van der Waals surface area contributed by atoms with E-state index in [4.69, 9.17) is 4.74 Å². The van der Waals surface area contributed by atoms with E-state index in [0.717, 1.165) is 18.1 Å². The fourth-order valence-electron chi connectivity index (χ4n) is 2.75. The van der Waals surface area contributed by atoms with Crippen LogP contribution in [0.3, 0.4) is 0 Å². The first-order valence-corrected chi connectivity index (χ1v) is 7.88. The Hall–Kier alpha value is -2.04. The number of aliphatic imine (C=N–C) groups is 1. The molecule has 1 saturated heterocycles. The summed E-state index contributed by atoms with van der Waals surface area (Å²) in [5, 5.41) is 3.40. The van der Waals surface area contributed by atoms with Crippen molar-refractivity contribution < 1.29 is 9.53 Å². The number of carbonyl (C=O) groups is 1. The smallest absolute Gasteiger partial charge is 0.337 e. The van der Waals surface area contributed by atoms with Crippen LogP contribution in [0, 0.1) is 5.41 Å². The minimum absolute atomic E-state index is 0.0730. The van der Waals surface area contributed by atoms with Crippen LogP contribution in [0.1, 0.15) is 43.6 Å². The van der Waals surface area contributed by atoms with Gasteiger partial charge < -0.3 is 15.0 Å². The quantitative estimate of drug-likeness (QED) is 0.529. The summed E-state index contributed by atoms with van der Waals surface area (Å²) in [5.74, 6) is 0.594. The average molecular weight is 317 g/mol. The SMILES string of the molecule is CN=C(NCc1ccc(C(=O)OC)cc1)N1CC(C)(C)C1(C)C. The van der Waals surface area contributed by atoms with Crippen LogP contribution >= 0.6 is 0 Å². The van der Waals surface area contributed by atoms with Crippen molar-refractivity contribution in [3.8, 4) is 0 Å². The Bertz CT molecular complexity index is 603. The molecule has 1 heterocycles. The number of hydrogen-bond donors (Lipinski definition) is 1. The van der Waals surface area contributed by atoms with Gasteiger partial charge in [-0.1, -0.05) is 26.0 Å². The molecule has 5 heteroatoms. The molecule has 5 nitrogen and oxygen atoms in total. The summed E-state index contributed by atoms with van der Waals surface area (Å²) in [5.41, 5.74) is 2.00. The summed E-state index contributed by atoms with van der Waals surface area (Å²) in [7, 11) is 3.20. The maximum Gasteiger partial charge on any atom is 0.337 e. The third-order valence-electron chi connectivity index (χ3n) is 5.18. The van der Waals surface area contributed by atoms with Crippen LogP contribution < -0.4 is 5.32 Å². The second-order valence-corrected chi connectivity index (χ2v) is 7.12. The lowest BCUT2D eigenvalue weighted by Crippen LogP contribution is -2.72. The number of ether oxygens (including phenoxy) is 1. The Morgan fingerprint density at radius 3 is 2.30 bits per heavy atom. The highest BCUT2D eigenvalue weighted by Gasteiger charge is 2.53. The molecule has 0 aromatic heterocycles. The van der Waals surface area contributed by atoms with Crippen LogP contribution in [-0.2, 0) is 11.3 Å². The molecule has 0 radical (unpaired) electrons. The summed E-state index contributed by atoms with van der Waals surface area (Å²) in [6.45, 7) is 10.7. The molecule has 1 aliphatic heterocycles. The van der Waals surface area contributed by atoms with Gasteiger partial charge in [0.15, 0.2) is 5.96 Å². The van der Waals surface area contributed by atoms with Crippen LogP contribution in [0.2, 0.25) is 0 Å². The van der Waals surface area contributed by atoms with E-state index in [9.17, 15) is 4.79 Å². The van der Waals surface area contributed by atoms with E-state index in [1.54, 1.807) is 12.1 Å². The maximum absolute atomic E-state index is 11.4. The van der Waals surface area contributed by atoms with Crippen molar-refractivity contribution in [3.63, 3.8) is 0 Å². The average Bonchev–Trinajstić information content (AvgIpc) is 2.54. The molecular formula is C18H27N3O2. The fraction of sp³-hybridized carbons (Fsp3) is 0.556. The molecule has 2 rings (SSSR count). The Labute approximate surface area is 138 Å². The number of methoxy groups -OCH3 is 1. The number of likely N-dealkylation sites (tertiary alicyclic amines) is 1. The van der Waals surface area contributed by atoms with Gasteiger partial charge in [-0.05, 0) is 31.5 Å². The Kier molecular flexibility index (Phi) is 4.68. The Morgan fingerprint density at radius 2 is 1.87 bits per heavy atom. The first kappa shape index (κ1) is 17.3. The number of nitrogens with zero attached hydrogens (tertiary/aromatic N) is 2. The van der Waals surface area contributed by atoms with Crippen molar-refractivity contribution in [1.29, 1.82) is 0 Å². The van der Waals surface area contributed by atoms with Crippen molar-refractivity contribution in [2.24, 2.45) is 10.4 Å². The third kappa shape index (κ3) is 3.19.